The fourth-order valence-corrected chi connectivity index (χ4v) is 4.58. The van der Waals surface area contributed by atoms with E-state index in [0.717, 1.165) is 41.6 Å². The summed E-state index contributed by atoms with van der Waals surface area (Å²) in [4.78, 5) is 39.0. The highest BCUT2D eigenvalue weighted by molar-refractivity contribution is 6.39. The van der Waals surface area contributed by atoms with Gasteiger partial charge in [-0.1, -0.05) is 18.2 Å². The Morgan fingerprint density at radius 2 is 1.85 bits per heavy atom. The zero-order chi connectivity index (χ0) is 23.2. The predicted molar refractivity (Wildman–Crippen MR) is 123 cm³/mol. The molecule has 1 unspecified atom stereocenters. The Balaban J connectivity index is 1.26. The largest absolute Gasteiger partial charge is 0.458 e. The first-order chi connectivity index (χ1) is 15.8. The molecule has 3 amide bonds. The second kappa shape index (κ2) is 8.04. The van der Waals surface area contributed by atoms with Gasteiger partial charge < -0.3 is 25.1 Å². The summed E-state index contributed by atoms with van der Waals surface area (Å²) < 4.78 is 5.69. The number of furan rings is 1. The molecule has 1 aromatic heterocycles. The zero-order valence-electron chi connectivity index (χ0n) is 18.3. The quantitative estimate of drug-likeness (QED) is 0.533. The molecule has 0 fully saturated rings. The molecule has 2 aliphatic heterocycles. The molecule has 8 nitrogen and oxygen atoms in total. The fraction of sp³-hybridized carbons (Fsp3) is 0.320. The first-order valence-electron chi connectivity index (χ1n) is 11.1. The van der Waals surface area contributed by atoms with Crippen LogP contribution < -0.4 is 15.5 Å². The lowest BCUT2D eigenvalue weighted by molar-refractivity contribution is -0.136. The van der Waals surface area contributed by atoms with Crippen molar-refractivity contribution in [1.29, 1.82) is 0 Å². The lowest BCUT2D eigenvalue weighted by Crippen LogP contribution is -2.43. The van der Waals surface area contributed by atoms with Crippen molar-refractivity contribution in [3.8, 4) is 0 Å². The van der Waals surface area contributed by atoms with Crippen LogP contribution in [0.4, 0.5) is 11.4 Å². The van der Waals surface area contributed by atoms with Crippen molar-refractivity contribution in [1.82, 2.24) is 5.32 Å². The van der Waals surface area contributed by atoms with E-state index in [-0.39, 0.29) is 12.5 Å². The van der Waals surface area contributed by atoms with Gasteiger partial charge in [0.25, 0.3) is 0 Å². The van der Waals surface area contributed by atoms with E-state index in [1.54, 1.807) is 12.1 Å². The maximum Gasteiger partial charge on any atom is 0.313 e. The predicted octanol–water partition coefficient (Wildman–Crippen LogP) is 2.62. The molecule has 0 bridgehead atoms. The Morgan fingerprint density at radius 1 is 1.09 bits per heavy atom. The van der Waals surface area contributed by atoms with Gasteiger partial charge in [-0.15, -0.1) is 0 Å². The highest BCUT2D eigenvalue weighted by Crippen LogP contribution is 2.37. The summed E-state index contributed by atoms with van der Waals surface area (Å²) in [7, 11) is 0. The normalized spacial score (nSPS) is 16.8. The third-order valence-electron chi connectivity index (χ3n) is 6.29. The van der Waals surface area contributed by atoms with E-state index in [1.165, 1.54) is 6.92 Å². The van der Waals surface area contributed by atoms with E-state index < -0.39 is 17.4 Å². The molecule has 5 rings (SSSR count). The van der Waals surface area contributed by atoms with E-state index in [1.807, 2.05) is 35.2 Å². The van der Waals surface area contributed by atoms with Crippen molar-refractivity contribution < 1.29 is 23.9 Å². The van der Waals surface area contributed by atoms with Gasteiger partial charge in [-0.2, -0.15) is 0 Å². The van der Waals surface area contributed by atoms with Crippen molar-refractivity contribution in [2.45, 2.75) is 38.2 Å². The van der Waals surface area contributed by atoms with E-state index >= 15 is 0 Å². The van der Waals surface area contributed by atoms with Gasteiger partial charge in [-0.25, -0.2) is 0 Å². The lowest BCUT2D eigenvalue weighted by Gasteiger charge is -2.35. The van der Waals surface area contributed by atoms with Crippen molar-refractivity contribution >= 4 is 40.1 Å². The molecule has 2 aliphatic rings. The maximum atomic E-state index is 12.5. The number of amides is 3. The number of fused-ring (bicyclic) bond motifs is 1. The minimum Gasteiger partial charge on any atom is -0.458 e. The van der Waals surface area contributed by atoms with Crippen LogP contribution >= 0.6 is 0 Å². The molecule has 170 valence electrons. The summed E-state index contributed by atoms with van der Waals surface area (Å²) in [5, 5.41) is 16.8. The number of hydrogen-bond donors (Lipinski definition) is 3. The van der Waals surface area contributed by atoms with Crippen LogP contribution in [0.5, 0.6) is 0 Å². The van der Waals surface area contributed by atoms with Crippen LogP contribution in [0.25, 0.3) is 11.0 Å². The Kier molecular flexibility index (Phi) is 5.17. The highest BCUT2D eigenvalue weighted by atomic mass is 16.4. The third-order valence-corrected chi connectivity index (χ3v) is 6.29. The third kappa shape index (κ3) is 3.98. The van der Waals surface area contributed by atoms with Gasteiger partial charge in [0.05, 0.1) is 12.2 Å². The molecule has 0 aliphatic carbocycles. The molecule has 2 aromatic carbocycles. The summed E-state index contributed by atoms with van der Waals surface area (Å²) in [5.41, 5.74) is 2.66. The standard InChI is InChI=1S/C25H25N3O5/c1-25(32,20-13-15-5-2-3-7-19(15)33-20)14-26-23(30)24(31)27-18-11-16-6-4-10-28-21(29)9-8-17(12-18)22(16)28/h2-3,5,7,11-13,32H,4,6,8-10,14H2,1H3,(H,26,30)(H,27,31). The average Bonchev–Trinajstić information content (AvgIpc) is 3.25. The number of aliphatic hydroxyl groups is 1. The summed E-state index contributed by atoms with van der Waals surface area (Å²) in [6.45, 7) is 2.05. The van der Waals surface area contributed by atoms with E-state index in [0.29, 0.717) is 29.9 Å². The molecule has 33 heavy (non-hydrogen) atoms. The van der Waals surface area contributed by atoms with Crippen LogP contribution in [-0.2, 0) is 32.8 Å². The number of carbonyl (C=O) groups is 3. The van der Waals surface area contributed by atoms with Crippen LogP contribution in [0.15, 0.2) is 46.9 Å². The number of para-hydroxylation sites is 1. The van der Waals surface area contributed by atoms with E-state index in [2.05, 4.69) is 10.6 Å². The molecule has 1 atom stereocenters. The minimum absolute atomic E-state index is 0.135. The second-order valence-corrected chi connectivity index (χ2v) is 8.85. The summed E-state index contributed by atoms with van der Waals surface area (Å²) in [6.07, 6.45) is 2.75. The van der Waals surface area contributed by atoms with Crippen molar-refractivity contribution in [2.24, 2.45) is 0 Å². The number of benzene rings is 2. The van der Waals surface area contributed by atoms with Gasteiger partial charge in [0.1, 0.15) is 16.9 Å². The zero-order valence-corrected chi connectivity index (χ0v) is 18.3. The number of nitrogens with zero attached hydrogens (tertiary/aromatic N) is 1. The maximum absolute atomic E-state index is 12.5. The molecule has 0 spiro atoms. The van der Waals surface area contributed by atoms with Gasteiger partial charge in [0, 0.05) is 24.0 Å². The van der Waals surface area contributed by atoms with Crippen LogP contribution in [0.3, 0.4) is 0 Å². The number of rotatable bonds is 4. The van der Waals surface area contributed by atoms with Gasteiger partial charge in [-0.05, 0) is 61.6 Å². The van der Waals surface area contributed by atoms with Gasteiger partial charge >= 0.3 is 11.8 Å². The van der Waals surface area contributed by atoms with E-state index in [9.17, 15) is 19.5 Å². The first kappa shape index (κ1) is 21.2. The monoisotopic (exact) mass is 447 g/mol. The Morgan fingerprint density at radius 3 is 2.64 bits per heavy atom. The SMILES string of the molecule is CC(O)(CNC(=O)C(=O)Nc1cc2c3c(c1)CCC(=O)N3CCC2)c1cc2ccccc2o1. The van der Waals surface area contributed by atoms with Crippen LogP contribution in [0.2, 0.25) is 0 Å². The Hall–Kier alpha value is -3.65. The highest BCUT2D eigenvalue weighted by Gasteiger charge is 2.31. The van der Waals surface area contributed by atoms with E-state index in [4.69, 9.17) is 4.42 Å². The van der Waals surface area contributed by atoms with Crippen LogP contribution in [-0.4, -0.2) is 35.9 Å². The number of aryl methyl sites for hydroxylation is 2. The molecule has 3 heterocycles. The first-order valence-corrected chi connectivity index (χ1v) is 11.1. The summed E-state index contributed by atoms with van der Waals surface area (Å²) in [6, 6.07) is 12.7. The van der Waals surface area contributed by atoms with Gasteiger partial charge in [-0.3, -0.25) is 14.4 Å². The molecular formula is C25H25N3O5. The summed E-state index contributed by atoms with van der Waals surface area (Å²) in [5.74, 6) is -1.23. The fourth-order valence-electron chi connectivity index (χ4n) is 4.58. The molecule has 8 heteroatoms. The number of anilines is 2. The topological polar surface area (TPSA) is 112 Å². The van der Waals surface area contributed by atoms with Crippen molar-refractivity contribution in [3.05, 3.63) is 59.4 Å². The molecule has 0 saturated heterocycles. The molecule has 0 saturated carbocycles. The summed E-state index contributed by atoms with van der Waals surface area (Å²) >= 11 is 0. The van der Waals surface area contributed by atoms with Crippen molar-refractivity contribution in [3.63, 3.8) is 0 Å². The molecule has 0 radical (unpaired) electrons. The van der Waals surface area contributed by atoms with Crippen molar-refractivity contribution in [2.75, 3.05) is 23.3 Å². The minimum atomic E-state index is -1.49. The lowest BCUT2D eigenvalue weighted by atomic mass is 9.91. The average molecular weight is 447 g/mol. The Labute approximate surface area is 190 Å². The number of carbonyl (C=O) groups excluding carboxylic acids is 3. The Bertz CT molecular complexity index is 1230. The number of nitrogens with one attached hydrogen (secondary N) is 2. The van der Waals surface area contributed by atoms with Gasteiger partial charge in [0.15, 0.2) is 0 Å². The molecule has 3 aromatic rings. The molecule has 3 N–H and O–H groups in total. The smallest absolute Gasteiger partial charge is 0.313 e. The number of hydrogen-bond acceptors (Lipinski definition) is 5. The second-order valence-electron chi connectivity index (χ2n) is 8.85. The van der Waals surface area contributed by atoms with Gasteiger partial charge in [0.2, 0.25) is 5.91 Å². The van der Waals surface area contributed by atoms with Crippen LogP contribution in [0.1, 0.15) is 36.7 Å². The molecular weight excluding hydrogens is 422 g/mol. The van der Waals surface area contributed by atoms with Crippen LogP contribution in [0, 0.1) is 0 Å².